The summed E-state index contributed by atoms with van der Waals surface area (Å²) in [6, 6.07) is 19.2. The van der Waals surface area contributed by atoms with Gasteiger partial charge in [-0.2, -0.15) is 10.2 Å². The van der Waals surface area contributed by atoms with Gasteiger partial charge in [0, 0.05) is 11.5 Å². The lowest BCUT2D eigenvalue weighted by Gasteiger charge is -2.26. The van der Waals surface area contributed by atoms with E-state index in [9.17, 15) is 4.39 Å². The Morgan fingerprint density at radius 3 is 2.13 bits per heavy atom. The van der Waals surface area contributed by atoms with Gasteiger partial charge in [-0.3, -0.25) is 0 Å². The summed E-state index contributed by atoms with van der Waals surface area (Å²) in [6.45, 7) is 6.64. The Balaban J connectivity index is 1.47. The molecular formula is C24H23FN4O. The van der Waals surface area contributed by atoms with E-state index in [1.54, 1.807) is 0 Å². The molecule has 0 amide bonds. The number of aryl methyl sites for hydroxylation is 1. The Morgan fingerprint density at radius 1 is 0.900 bits per heavy atom. The zero-order valence-electron chi connectivity index (χ0n) is 17.2. The summed E-state index contributed by atoms with van der Waals surface area (Å²) >= 11 is 0. The predicted molar refractivity (Wildman–Crippen MR) is 113 cm³/mol. The molecule has 0 bridgehead atoms. The summed E-state index contributed by atoms with van der Waals surface area (Å²) < 4.78 is 19.8. The molecule has 0 N–H and O–H groups in total. The van der Waals surface area contributed by atoms with Gasteiger partial charge >= 0.3 is 0 Å². The minimum Gasteiger partial charge on any atom is -0.487 e. The first kappa shape index (κ1) is 19.8. The second-order valence-electron chi connectivity index (χ2n) is 7.76. The molecule has 4 rings (SSSR count). The van der Waals surface area contributed by atoms with Gasteiger partial charge in [-0.05, 0) is 36.2 Å². The molecule has 0 fully saturated rings. The fourth-order valence-electron chi connectivity index (χ4n) is 3.31. The first-order valence-corrected chi connectivity index (χ1v) is 9.75. The highest BCUT2D eigenvalue weighted by molar-refractivity contribution is 5.40. The van der Waals surface area contributed by atoms with Gasteiger partial charge in [0.05, 0.1) is 18.1 Å². The molecule has 2 heterocycles. The number of nitrogens with zero attached hydrogens (tertiary/aromatic N) is 4. The largest absolute Gasteiger partial charge is 0.487 e. The summed E-state index contributed by atoms with van der Waals surface area (Å²) in [7, 11) is 0. The number of hydrogen-bond acceptors (Lipinski definition) is 4. The van der Waals surface area contributed by atoms with Crippen LogP contribution in [0, 0.1) is 12.7 Å². The Bertz CT molecular complexity index is 1120. The van der Waals surface area contributed by atoms with Gasteiger partial charge in [0.25, 0.3) is 0 Å². The van der Waals surface area contributed by atoms with Gasteiger partial charge in [0.1, 0.15) is 18.2 Å². The molecule has 0 aliphatic carbocycles. The number of benzene rings is 2. The third-order valence-corrected chi connectivity index (χ3v) is 5.19. The molecule has 2 aromatic heterocycles. The molecule has 4 aromatic rings. The molecule has 0 aliphatic heterocycles. The van der Waals surface area contributed by atoms with Crippen molar-refractivity contribution in [2.24, 2.45) is 0 Å². The standard InChI is InChI=1S/C24H23FN4O/c1-17-4-6-18(7-5-17)24(2,3)19-8-10-22(11-9-19)30-16-21-14-20(25)15-23(28-21)29-26-12-13-27-29/h4-15H,16H2,1-3H3. The van der Waals surface area contributed by atoms with Crippen LogP contribution in [0.4, 0.5) is 4.39 Å². The zero-order valence-corrected chi connectivity index (χ0v) is 17.2. The molecule has 30 heavy (non-hydrogen) atoms. The van der Waals surface area contributed by atoms with Crippen molar-refractivity contribution in [1.82, 2.24) is 20.0 Å². The molecule has 0 atom stereocenters. The third-order valence-electron chi connectivity index (χ3n) is 5.19. The Labute approximate surface area is 175 Å². The molecule has 152 valence electrons. The molecular weight excluding hydrogens is 379 g/mol. The van der Waals surface area contributed by atoms with E-state index in [-0.39, 0.29) is 12.0 Å². The van der Waals surface area contributed by atoms with Crippen LogP contribution in [0.15, 0.2) is 73.1 Å². The van der Waals surface area contributed by atoms with Gasteiger partial charge < -0.3 is 4.74 Å². The minimum atomic E-state index is -0.411. The van der Waals surface area contributed by atoms with Gasteiger partial charge in [0.15, 0.2) is 5.82 Å². The van der Waals surface area contributed by atoms with E-state index >= 15 is 0 Å². The normalized spacial score (nSPS) is 11.5. The zero-order chi connectivity index (χ0) is 21.1. The van der Waals surface area contributed by atoms with Crippen LogP contribution in [0.1, 0.15) is 36.2 Å². The Hall–Kier alpha value is -3.54. The van der Waals surface area contributed by atoms with Gasteiger partial charge in [-0.25, -0.2) is 9.37 Å². The van der Waals surface area contributed by atoms with E-state index in [2.05, 4.69) is 72.4 Å². The number of hydrogen-bond donors (Lipinski definition) is 0. The second kappa shape index (κ2) is 8.06. The van der Waals surface area contributed by atoms with Crippen LogP contribution in [0.2, 0.25) is 0 Å². The lowest BCUT2D eigenvalue weighted by molar-refractivity contribution is 0.300. The van der Waals surface area contributed by atoms with Crippen LogP contribution in [0.5, 0.6) is 5.75 Å². The van der Waals surface area contributed by atoms with E-state index in [4.69, 9.17) is 4.74 Å². The van der Waals surface area contributed by atoms with Gasteiger partial charge in [-0.15, -0.1) is 4.80 Å². The van der Waals surface area contributed by atoms with Crippen LogP contribution < -0.4 is 4.74 Å². The summed E-state index contributed by atoms with van der Waals surface area (Å²) in [6.07, 6.45) is 3.03. The van der Waals surface area contributed by atoms with Crippen molar-refractivity contribution in [3.05, 3.63) is 101 Å². The fourth-order valence-corrected chi connectivity index (χ4v) is 3.31. The molecule has 0 spiro atoms. The van der Waals surface area contributed by atoms with Crippen LogP contribution in [-0.4, -0.2) is 20.0 Å². The molecule has 0 saturated heterocycles. The number of aromatic nitrogens is 4. The monoisotopic (exact) mass is 402 g/mol. The maximum absolute atomic E-state index is 14.0. The van der Waals surface area contributed by atoms with Crippen LogP contribution in [-0.2, 0) is 12.0 Å². The molecule has 5 nitrogen and oxygen atoms in total. The maximum Gasteiger partial charge on any atom is 0.177 e. The van der Waals surface area contributed by atoms with E-state index < -0.39 is 5.82 Å². The van der Waals surface area contributed by atoms with Crippen molar-refractivity contribution in [1.29, 1.82) is 0 Å². The second-order valence-corrected chi connectivity index (χ2v) is 7.76. The van der Waals surface area contributed by atoms with Crippen LogP contribution >= 0.6 is 0 Å². The average Bonchev–Trinajstić information content (AvgIpc) is 3.28. The van der Waals surface area contributed by atoms with Crippen molar-refractivity contribution < 1.29 is 9.13 Å². The van der Waals surface area contributed by atoms with Crippen molar-refractivity contribution in [3.8, 4) is 11.6 Å². The molecule has 0 radical (unpaired) electrons. The summed E-state index contributed by atoms with van der Waals surface area (Å²) in [4.78, 5) is 5.64. The van der Waals surface area contributed by atoms with Crippen molar-refractivity contribution in [2.45, 2.75) is 32.8 Å². The summed E-state index contributed by atoms with van der Waals surface area (Å²) in [5.41, 5.74) is 4.03. The highest BCUT2D eigenvalue weighted by Crippen LogP contribution is 2.32. The predicted octanol–water partition coefficient (Wildman–Crippen LogP) is 5.01. The number of ether oxygens (including phenoxy) is 1. The summed E-state index contributed by atoms with van der Waals surface area (Å²) in [5.74, 6) is 0.600. The van der Waals surface area contributed by atoms with Crippen LogP contribution in [0.25, 0.3) is 5.82 Å². The van der Waals surface area contributed by atoms with Crippen molar-refractivity contribution >= 4 is 0 Å². The smallest absolute Gasteiger partial charge is 0.177 e. The number of halogens is 1. The van der Waals surface area contributed by atoms with Crippen molar-refractivity contribution in [3.63, 3.8) is 0 Å². The van der Waals surface area contributed by atoms with Gasteiger partial charge in [-0.1, -0.05) is 55.8 Å². The molecule has 6 heteroatoms. The lowest BCUT2D eigenvalue weighted by atomic mass is 9.78. The first-order chi connectivity index (χ1) is 14.4. The van der Waals surface area contributed by atoms with E-state index in [1.807, 2.05) is 12.1 Å². The Morgan fingerprint density at radius 2 is 1.50 bits per heavy atom. The quantitative estimate of drug-likeness (QED) is 0.455. The van der Waals surface area contributed by atoms with E-state index in [0.717, 1.165) is 0 Å². The SMILES string of the molecule is Cc1ccc(C(C)(C)c2ccc(OCc3cc(F)cc(-n4nccn4)n3)cc2)cc1. The van der Waals surface area contributed by atoms with Crippen LogP contribution in [0.3, 0.4) is 0 Å². The Kier molecular flexibility index (Phi) is 5.31. The van der Waals surface area contributed by atoms with Gasteiger partial charge in [0.2, 0.25) is 0 Å². The highest BCUT2D eigenvalue weighted by atomic mass is 19.1. The lowest BCUT2D eigenvalue weighted by Crippen LogP contribution is -2.18. The highest BCUT2D eigenvalue weighted by Gasteiger charge is 2.22. The fraction of sp³-hybridized carbons (Fsp3) is 0.208. The number of pyridine rings is 1. The topological polar surface area (TPSA) is 52.8 Å². The maximum atomic E-state index is 14.0. The van der Waals surface area contributed by atoms with E-state index in [0.29, 0.717) is 17.3 Å². The van der Waals surface area contributed by atoms with Crippen molar-refractivity contribution in [2.75, 3.05) is 0 Å². The number of rotatable bonds is 6. The molecule has 0 aliphatic rings. The third kappa shape index (κ3) is 4.22. The molecule has 0 unspecified atom stereocenters. The first-order valence-electron chi connectivity index (χ1n) is 9.75. The molecule has 2 aromatic carbocycles. The minimum absolute atomic E-state index is 0.123. The van der Waals surface area contributed by atoms with E-state index in [1.165, 1.54) is 46.0 Å². The summed E-state index contributed by atoms with van der Waals surface area (Å²) in [5, 5.41) is 7.97. The average molecular weight is 402 g/mol. The molecule has 0 saturated carbocycles.